The molecule has 20 heavy (non-hydrogen) atoms. The minimum Gasteiger partial charge on any atom is -0.496 e. The third kappa shape index (κ3) is 2.63. The molecule has 0 N–H and O–H groups in total. The molecule has 0 aromatic heterocycles. The van der Waals surface area contributed by atoms with Crippen molar-refractivity contribution in [2.75, 3.05) is 26.7 Å². The molecule has 3 rings (SSSR count). The zero-order chi connectivity index (χ0) is 14.1. The zero-order valence-electron chi connectivity index (χ0n) is 11.7. The normalized spacial score (nSPS) is 19.4. The van der Waals surface area contributed by atoms with E-state index < -0.39 is 0 Å². The van der Waals surface area contributed by atoms with Gasteiger partial charge in [0.05, 0.1) is 7.11 Å². The Morgan fingerprint density at radius 2 is 2.00 bits per heavy atom. The molecule has 0 unspecified atom stereocenters. The minimum absolute atomic E-state index is 0.811. The SMILES string of the molecule is COc1ccc(Cl)c2c1CCC(CN1CCCC1)=C2Br. The van der Waals surface area contributed by atoms with Crippen molar-refractivity contribution in [3.8, 4) is 5.75 Å². The highest BCUT2D eigenvalue weighted by Gasteiger charge is 2.24. The highest BCUT2D eigenvalue weighted by molar-refractivity contribution is 9.15. The average Bonchev–Trinajstić information content (AvgIpc) is 2.95. The summed E-state index contributed by atoms with van der Waals surface area (Å²) in [6.07, 6.45) is 4.75. The number of rotatable bonds is 3. The first-order valence-corrected chi connectivity index (χ1v) is 8.33. The van der Waals surface area contributed by atoms with Crippen LogP contribution in [-0.4, -0.2) is 31.6 Å². The summed E-state index contributed by atoms with van der Waals surface area (Å²) < 4.78 is 6.65. The van der Waals surface area contributed by atoms with Crippen LogP contribution >= 0.6 is 27.5 Å². The Bertz CT molecular complexity index is 550. The molecule has 108 valence electrons. The number of hydrogen-bond donors (Lipinski definition) is 0. The number of hydrogen-bond acceptors (Lipinski definition) is 2. The molecule has 1 heterocycles. The standard InChI is InChI=1S/C16H19BrClNO/c1-20-14-7-6-13(18)15-12(14)5-4-11(16(15)17)10-19-8-2-3-9-19/h6-7H,2-5,8-10H2,1H3. The molecule has 0 atom stereocenters. The Morgan fingerprint density at radius 3 is 2.70 bits per heavy atom. The smallest absolute Gasteiger partial charge is 0.122 e. The van der Waals surface area contributed by atoms with Gasteiger partial charge in [-0.3, -0.25) is 4.90 Å². The summed E-state index contributed by atoms with van der Waals surface area (Å²) in [7, 11) is 1.72. The van der Waals surface area contributed by atoms with Gasteiger partial charge in [0, 0.05) is 27.2 Å². The first kappa shape index (κ1) is 14.4. The molecule has 2 nitrogen and oxygen atoms in total. The average molecular weight is 357 g/mol. The second kappa shape index (κ2) is 6.08. The van der Waals surface area contributed by atoms with E-state index in [2.05, 4.69) is 20.8 Å². The molecule has 0 saturated carbocycles. The van der Waals surface area contributed by atoms with Crippen molar-refractivity contribution in [3.05, 3.63) is 33.9 Å². The highest BCUT2D eigenvalue weighted by Crippen LogP contribution is 2.43. The first-order valence-electron chi connectivity index (χ1n) is 7.16. The van der Waals surface area contributed by atoms with Gasteiger partial charge in [-0.25, -0.2) is 0 Å². The number of benzene rings is 1. The fourth-order valence-electron chi connectivity index (χ4n) is 3.20. The molecule has 1 aromatic rings. The van der Waals surface area contributed by atoms with Crippen LogP contribution in [0, 0.1) is 0 Å². The molecule has 0 radical (unpaired) electrons. The lowest BCUT2D eigenvalue weighted by atomic mass is 9.91. The summed E-state index contributed by atoms with van der Waals surface area (Å²) in [6.45, 7) is 3.51. The Kier molecular flexibility index (Phi) is 4.39. The minimum atomic E-state index is 0.811. The maximum absolute atomic E-state index is 6.41. The largest absolute Gasteiger partial charge is 0.496 e. The fraction of sp³-hybridized carbons (Fsp3) is 0.500. The molecule has 1 aromatic carbocycles. The number of ether oxygens (including phenoxy) is 1. The van der Waals surface area contributed by atoms with Crippen molar-refractivity contribution in [2.24, 2.45) is 0 Å². The van der Waals surface area contributed by atoms with E-state index in [1.165, 1.54) is 41.6 Å². The Hall–Kier alpha value is -0.510. The quantitative estimate of drug-likeness (QED) is 0.791. The van der Waals surface area contributed by atoms with Crippen LogP contribution in [-0.2, 0) is 6.42 Å². The molecule has 0 spiro atoms. The van der Waals surface area contributed by atoms with Gasteiger partial charge in [0.15, 0.2) is 0 Å². The highest BCUT2D eigenvalue weighted by atomic mass is 79.9. The predicted octanol–water partition coefficient (Wildman–Crippen LogP) is 4.50. The van der Waals surface area contributed by atoms with Crippen LogP contribution < -0.4 is 4.74 Å². The Morgan fingerprint density at radius 1 is 1.25 bits per heavy atom. The number of methoxy groups -OCH3 is 1. The van der Waals surface area contributed by atoms with Gasteiger partial charge in [-0.05, 0) is 56.5 Å². The van der Waals surface area contributed by atoms with Gasteiger partial charge in [-0.2, -0.15) is 0 Å². The lowest BCUT2D eigenvalue weighted by molar-refractivity contribution is 0.364. The number of halogens is 2. The molecule has 0 amide bonds. The Labute approximate surface area is 133 Å². The lowest BCUT2D eigenvalue weighted by Crippen LogP contribution is -2.23. The van der Waals surface area contributed by atoms with Crippen LogP contribution in [0.1, 0.15) is 30.4 Å². The van der Waals surface area contributed by atoms with Crippen molar-refractivity contribution in [1.29, 1.82) is 0 Å². The maximum atomic E-state index is 6.41. The van der Waals surface area contributed by atoms with Crippen molar-refractivity contribution in [3.63, 3.8) is 0 Å². The van der Waals surface area contributed by atoms with Crippen LogP contribution in [0.2, 0.25) is 5.02 Å². The molecule has 1 aliphatic carbocycles. The molecule has 0 bridgehead atoms. The fourth-order valence-corrected chi connectivity index (χ4v) is 4.36. The second-order valence-corrected chi connectivity index (χ2v) is 6.70. The van der Waals surface area contributed by atoms with Crippen LogP contribution in [0.15, 0.2) is 17.7 Å². The van der Waals surface area contributed by atoms with Gasteiger partial charge in [0.25, 0.3) is 0 Å². The second-order valence-electron chi connectivity index (χ2n) is 5.50. The van der Waals surface area contributed by atoms with Crippen LogP contribution in [0.4, 0.5) is 0 Å². The van der Waals surface area contributed by atoms with E-state index >= 15 is 0 Å². The summed E-state index contributed by atoms with van der Waals surface area (Å²) in [5.41, 5.74) is 3.83. The van der Waals surface area contributed by atoms with Crippen molar-refractivity contribution in [2.45, 2.75) is 25.7 Å². The first-order chi connectivity index (χ1) is 9.70. The monoisotopic (exact) mass is 355 g/mol. The maximum Gasteiger partial charge on any atom is 0.122 e. The van der Waals surface area contributed by atoms with E-state index in [0.29, 0.717) is 0 Å². The van der Waals surface area contributed by atoms with Crippen molar-refractivity contribution < 1.29 is 4.74 Å². The molecule has 4 heteroatoms. The van der Waals surface area contributed by atoms with E-state index in [-0.39, 0.29) is 0 Å². The van der Waals surface area contributed by atoms with Gasteiger partial charge in [-0.1, -0.05) is 27.5 Å². The van der Waals surface area contributed by atoms with E-state index in [9.17, 15) is 0 Å². The van der Waals surface area contributed by atoms with Crippen molar-refractivity contribution in [1.82, 2.24) is 4.90 Å². The van der Waals surface area contributed by atoms with Gasteiger partial charge < -0.3 is 4.74 Å². The van der Waals surface area contributed by atoms with Gasteiger partial charge in [0.2, 0.25) is 0 Å². The topological polar surface area (TPSA) is 12.5 Å². The van der Waals surface area contributed by atoms with E-state index in [1.54, 1.807) is 7.11 Å². The Balaban J connectivity index is 1.96. The van der Waals surface area contributed by atoms with E-state index in [1.807, 2.05) is 12.1 Å². The summed E-state index contributed by atoms with van der Waals surface area (Å²) >= 11 is 10.2. The molecule has 1 aliphatic heterocycles. The summed E-state index contributed by atoms with van der Waals surface area (Å²) in [6, 6.07) is 3.90. The summed E-state index contributed by atoms with van der Waals surface area (Å²) in [5, 5.41) is 0.811. The predicted molar refractivity (Wildman–Crippen MR) is 87.8 cm³/mol. The third-order valence-electron chi connectivity index (χ3n) is 4.26. The van der Waals surface area contributed by atoms with Crippen LogP contribution in [0.3, 0.4) is 0 Å². The molecule has 2 aliphatic rings. The molecular weight excluding hydrogens is 338 g/mol. The zero-order valence-corrected chi connectivity index (χ0v) is 14.1. The van der Waals surface area contributed by atoms with E-state index in [4.69, 9.17) is 16.3 Å². The third-order valence-corrected chi connectivity index (χ3v) is 5.53. The van der Waals surface area contributed by atoms with Gasteiger partial charge in [-0.15, -0.1) is 0 Å². The van der Waals surface area contributed by atoms with Crippen LogP contribution in [0.25, 0.3) is 4.48 Å². The summed E-state index contributed by atoms with van der Waals surface area (Å²) in [5.74, 6) is 0.946. The molecule has 1 saturated heterocycles. The lowest BCUT2D eigenvalue weighted by Gasteiger charge is -2.26. The molecular formula is C16H19BrClNO. The number of nitrogens with zero attached hydrogens (tertiary/aromatic N) is 1. The van der Waals surface area contributed by atoms with Crippen LogP contribution in [0.5, 0.6) is 5.75 Å². The van der Waals surface area contributed by atoms with Gasteiger partial charge >= 0.3 is 0 Å². The van der Waals surface area contributed by atoms with Crippen molar-refractivity contribution >= 4 is 32.0 Å². The summed E-state index contributed by atoms with van der Waals surface area (Å²) in [4.78, 5) is 2.54. The number of likely N-dealkylation sites (tertiary alicyclic amines) is 1. The number of fused-ring (bicyclic) bond motifs is 1. The van der Waals surface area contributed by atoms with Gasteiger partial charge in [0.1, 0.15) is 5.75 Å². The van der Waals surface area contributed by atoms with E-state index in [0.717, 1.165) is 35.7 Å². The molecule has 1 fully saturated rings.